The number of benzene rings is 2. The zero-order chi connectivity index (χ0) is 17.4. The van der Waals surface area contributed by atoms with Crippen LogP contribution in [0.3, 0.4) is 0 Å². The van der Waals surface area contributed by atoms with Crippen LogP contribution in [0, 0.1) is 0 Å². The van der Waals surface area contributed by atoms with E-state index in [-0.39, 0.29) is 5.56 Å². The maximum absolute atomic E-state index is 12.5. The van der Waals surface area contributed by atoms with Crippen LogP contribution >= 0.6 is 0 Å². The van der Waals surface area contributed by atoms with Crippen LogP contribution in [-0.4, -0.2) is 11.7 Å². The molecule has 0 bridgehead atoms. The molecule has 0 saturated heterocycles. The Hall–Kier alpha value is -3.27. The Morgan fingerprint density at radius 1 is 0.960 bits per heavy atom. The lowest BCUT2D eigenvalue weighted by Gasteiger charge is -2.07. The molecule has 4 heteroatoms. The van der Waals surface area contributed by atoms with Gasteiger partial charge >= 0.3 is 0 Å². The van der Waals surface area contributed by atoms with Crippen molar-refractivity contribution in [3.05, 3.63) is 77.2 Å². The second-order valence-electron chi connectivity index (χ2n) is 5.91. The summed E-state index contributed by atoms with van der Waals surface area (Å²) in [5.41, 5.74) is 3.32. The fraction of sp³-hybridized carbons (Fsp3) is 0.0952. The Bertz CT molecular complexity index is 1090. The van der Waals surface area contributed by atoms with Crippen LogP contribution in [0.2, 0.25) is 0 Å². The van der Waals surface area contributed by atoms with Gasteiger partial charge in [-0.25, -0.2) is 0 Å². The number of hydrogen-bond donors (Lipinski definition) is 0. The molecule has 0 aliphatic heterocycles. The van der Waals surface area contributed by atoms with Crippen molar-refractivity contribution in [2.75, 3.05) is 7.11 Å². The highest BCUT2D eigenvalue weighted by Crippen LogP contribution is 2.33. The van der Waals surface area contributed by atoms with E-state index < -0.39 is 0 Å². The first-order valence-electron chi connectivity index (χ1n) is 8.00. The Kier molecular flexibility index (Phi) is 3.65. The van der Waals surface area contributed by atoms with Crippen molar-refractivity contribution in [2.45, 2.75) is 0 Å². The third kappa shape index (κ3) is 2.62. The minimum Gasteiger partial charge on any atom is -0.497 e. The highest BCUT2D eigenvalue weighted by Gasteiger charge is 2.15. The number of aryl methyl sites for hydroxylation is 1. The number of hydrogen-bond acceptors (Lipinski definition) is 3. The largest absolute Gasteiger partial charge is 0.497 e. The normalized spacial score (nSPS) is 11.0. The number of furan rings is 1. The summed E-state index contributed by atoms with van der Waals surface area (Å²) in [6.45, 7) is 0. The Labute approximate surface area is 144 Å². The van der Waals surface area contributed by atoms with Crippen LogP contribution in [-0.2, 0) is 7.05 Å². The fourth-order valence-electron chi connectivity index (χ4n) is 2.97. The highest BCUT2D eigenvalue weighted by molar-refractivity contribution is 5.94. The Morgan fingerprint density at radius 3 is 2.36 bits per heavy atom. The molecule has 4 nitrogen and oxygen atoms in total. The number of ether oxygens (including phenoxy) is 1. The number of aromatic nitrogens is 1. The van der Waals surface area contributed by atoms with Crippen molar-refractivity contribution in [1.29, 1.82) is 0 Å². The molecule has 4 rings (SSSR count). The lowest BCUT2D eigenvalue weighted by atomic mass is 10.1. The van der Waals surface area contributed by atoms with E-state index in [1.54, 1.807) is 18.7 Å². The molecule has 0 N–H and O–H groups in total. The van der Waals surface area contributed by atoms with Gasteiger partial charge in [0.1, 0.15) is 17.1 Å². The molecule has 4 aromatic rings. The Morgan fingerprint density at radius 2 is 1.68 bits per heavy atom. The van der Waals surface area contributed by atoms with Gasteiger partial charge in [0.2, 0.25) is 0 Å². The van der Waals surface area contributed by atoms with E-state index in [0.717, 1.165) is 22.4 Å². The second kappa shape index (κ2) is 5.98. The van der Waals surface area contributed by atoms with Crippen LogP contribution in [0.15, 0.2) is 76.1 Å². The second-order valence-corrected chi connectivity index (χ2v) is 5.91. The van der Waals surface area contributed by atoms with Gasteiger partial charge in [0.05, 0.1) is 12.5 Å². The Balaban J connectivity index is 1.96. The van der Waals surface area contributed by atoms with Gasteiger partial charge in [-0.05, 0) is 23.8 Å². The van der Waals surface area contributed by atoms with E-state index in [4.69, 9.17) is 9.15 Å². The summed E-state index contributed by atoms with van der Waals surface area (Å²) in [5.74, 6) is 1.47. The van der Waals surface area contributed by atoms with Crippen LogP contribution in [0.1, 0.15) is 0 Å². The van der Waals surface area contributed by atoms with Crippen LogP contribution < -0.4 is 10.3 Å². The molecule has 0 amide bonds. The molecule has 0 atom stereocenters. The first-order chi connectivity index (χ1) is 12.2. The van der Waals surface area contributed by atoms with E-state index in [1.807, 2.05) is 66.9 Å². The number of fused-ring (bicyclic) bond motifs is 1. The van der Waals surface area contributed by atoms with Crippen molar-refractivity contribution < 1.29 is 9.15 Å². The summed E-state index contributed by atoms with van der Waals surface area (Å²) in [6, 6.07) is 19.3. The molecule has 0 saturated carbocycles. The van der Waals surface area contributed by atoms with Gasteiger partial charge in [0.15, 0.2) is 0 Å². The number of nitrogens with zero attached hydrogens (tertiary/aromatic N) is 1. The molecule has 0 radical (unpaired) electrons. The highest BCUT2D eigenvalue weighted by atomic mass is 16.5. The summed E-state index contributed by atoms with van der Waals surface area (Å²) < 4.78 is 12.9. The van der Waals surface area contributed by atoms with Gasteiger partial charge in [0.25, 0.3) is 5.56 Å². The van der Waals surface area contributed by atoms with Crippen LogP contribution in [0.5, 0.6) is 5.75 Å². The molecule has 2 heterocycles. The zero-order valence-electron chi connectivity index (χ0n) is 14.0. The first kappa shape index (κ1) is 15.3. The zero-order valence-corrected chi connectivity index (χ0v) is 14.0. The summed E-state index contributed by atoms with van der Waals surface area (Å²) in [6.07, 6.45) is 1.81. The third-order valence-electron chi connectivity index (χ3n) is 4.31. The SMILES string of the molecule is COc1ccc(-c2cn(C)c(=O)c3cc(-c4ccccc4)oc23)cc1. The molecule has 2 aromatic heterocycles. The maximum atomic E-state index is 12.5. The predicted octanol–water partition coefficient (Wildman–Crippen LogP) is 4.47. The smallest absolute Gasteiger partial charge is 0.261 e. The summed E-state index contributed by atoms with van der Waals surface area (Å²) >= 11 is 0. The minimum atomic E-state index is -0.0711. The molecule has 0 spiro atoms. The lowest BCUT2D eigenvalue weighted by Crippen LogP contribution is -2.15. The van der Waals surface area contributed by atoms with Crippen molar-refractivity contribution >= 4 is 11.0 Å². The molecule has 0 aliphatic carbocycles. The summed E-state index contributed by atoms with van der Waals surface area (Å²) in [7, 11) is 3.39. The molecule has 124 valence electrons. The van der Waals surface area contributed by atoms with E-state index in [0.29, 0.717) is 16.7 Å². The molecule has 2 aromatic carbocycles. The number of pyridine rings is 1. The molecular formula is C21H17NO3. The van der Waals surface area contributed by atoms with Gasteiger partial charge in [-0.2, -0.15) is 0 Å². The topological polar surface area (TPSA) is 44.4 Å². The van der Waals surface area contributed by atoms with Gasteiger partial charge in [0, 0.05) is 24.4 Å². The van der Waals surface area contributed by atoms with E-state index in [2.05, 4.69) is 0 Å². The summed E-state index contributed by atoms with van der Waals surface area (Å²) in [4.78, 5) is 12.5. The van der Waals surface area contributed by atoms with Gasteiger partial charge < -0.3 is 13.7 Å². The molecule has 0 aliphatic rings. The van der Waals surface area contributed by atoms with Crippen LogP contribution in [0.4, 0.5) is 0 Å². The standard InChI is InChI=1S/C21H17NO3/c1-22-13-18(14-8-10-16(24-2)11-9-14)20-17(21(22)23)12-19(25-20)15-6-4-3-5-7-15/h3-13H,1-2H3. The van der Waals surface area contributed by atoms with Crippen molar-refractivity contribution in [3.8, 4) is 28.2 Å². The number of methoxy groups -OCH3 is 1. The number of rotatable bonds is 3. The average molecular weight is 331 g/mol. The average Bonchev–Trinajstić information content (AvgIpc) is 3.11. The molecule has 25 heavy (non-hydrogen) atoms. The first-order valence-corrected chi connectivity index (χ1v) is 8.00. The van der Waals surface area contributed by atoms with Gasteiger partial charge in [-0.15, -0.1) is 0 Å². The third-order valence-corrected chi connectivity index (χ3v) is 4.31. The molecular weight excluding hydrogens is 314 g/mol. The predicted molar refractivity (Wildman–Crippen MR) is 98.9 cm³/mol. The van der Waals surface area contributed by atoms with Crippen molar-refractivity contribution in [2.24, 2.45) is 7.05 Å². The van der Waals surface area contributed by atoms with Gasteiger partial charge in [-0.1, -0.05) is 42.5 Å². The summed E-state index contributed by atoms with van der Waals surface area (Å²) in [5, 5.41) is 0.578. The van der Waals surface area contributed by atoms with Crippen LogP contribution in [0.25, 0.3) is 33.4 Å². The monoisotopic (exact) mass is 331 g/mol. The minimum absolute atomic E-state index is 0.0711. The quantitative estimate of drug-likeness (QED) is 0.556. The molecule has 0 fully saturated rings. The van der Waals surface area contributed by atoms with Crippen molar-refractivity contribution in [3.63, 3.8) is 0 Å². The van der Waals surface area contributed by atoms with Crippen molar-refractivity contribution in [1.82, 2.24) is 4.57 Å². The maximum Gasteiger partial charge on any atom is 0.261 e. The van der Waals surface area contributed by atoms with E-state index in [9.17, 15) is 4.79 Å². The van der Waals surface area contributed by atoms with E-state index >= 15 is 0 Å². The van der Waals surface area contributed by atoms with Gasteiger partial charge in [-0.3, -0.25) is 4.79 Å². The van der Waals surface area contributed by atoms with E-state index in [1.165, 1.54) is 0 Å². The fourth-order valence-corrected chi connectivity index (χ4v) is 2.97. The lowest BCUT2D eigenvalue weighted by molar-refractivity contribution is 0.415. The molecule has 0 unspecified atom stereocenters.